The zero-order valence-electron chi connectivity index (χ0n) is 6.75. The summed E-state index contributed by atoms with van der Waals surface area (Å²) in [6.07, 6.45) is 0. The normalized spacial score (nSPS) is 9.57. The number of halogens is 2. The maximum Gasteiger partial charge on any atom is 0.394 e. The first-order chi connectivity index (χ1) is 6.50. The average molecular weight is 370 g/mol. The molecule has 6 heteroatoms. The smallest absolute Gasteiger partial charge is 0.394 e. The van der Waals surface area contributed by atoms with Gasteiger partial charge in [-0.1, -0.05) is 0 Å². The largest absolute Gasteiger partial charge is 0.474 e. The number of nitrogens with one attached hydrogen (secondary N) is 1. The van der Waals surface area contributed by atoms with Gasteiger partial charge in [-0.15, -0.1) is 0 Å². The fourth-order valence-corrected chi connectivity index (χ4v) is 1.47. The minimum absolute atomic E-state index is 0.449. The summed E-state index contributed by atoms with van der Waals surface area (Å²) in [6.45, 7) is 0. The highest BCUT2D eigenvalue weighted by Gasteiger charge is 2.11. The van der Waals surface area contributed by atoms with E-state index in [1.165, 1.54) is 0 Å². The molecule has 14 heavy (non-hydrogen) atoms. The zero-order chi connectivity index (χ0) is 10.7. The molecule has 0 unspecified atom stereocenters. The van der Waals surface area contributed by atoms with Gasteiger partial charge < -0.3 is 10.4 Å². The summed E-state index contributed by atoms with van der Waals surface area (Å²) in [7, 11) is 0. The lowest BCUT2D eigenvalue weighted by Gasteiger charge is -2.03. The Bertz CT molecular complexity index is 394. The highest BCUT2D eigenvalue weighted by atomic mass is 127. The van der Waals surface area contributed by atoms with E-state index in [9.17, 15) is 9.59 Å². The molecule has 1 amide bonds. The quantitative estimate of drug-likeness (QED) is 0.588. The molecule has 1 aromatic carbocycles. The fraction of sp³-hybridized carbons (Fsp3) is 0. The van der Waals surface area contributed by atoms with Gasteiger partial charge in [0.2, 0.25) is 0 Å². The number of benzene rings is 1. The number of anilines is 1. The van der Waals surface area contributed by atoms with Crippen molar-refractivity contribution in [3.63, 3.8) is 0 Å². The van der Waals surface area contributed by atoms with Crippen LogP contribution < -0.4 is 5.32 Å². The molecule has 0 atom stereocenters. The SMILES string of the molecule is O=C(O)C(=O)Nc1ccc(I)c(Br)c1. The third kappa shape index (κ3) is 2.95. The molecular weight excluding hydrogens is 365 g/mol. The Morgan fingerprint density at radius 2 is 2.07 bits per heavy atom. The predicted molar refractivity (Wildman–Crippen MR) is 63.1 cm³/mol. The molecule has 0 bridgehead atoms. The molecule has 2 N–H and O–H groups in total. The number of hydrogen-bond donors (Lipinski definition) is 2. The number of carboxylic acids is 1. The number of carboxylic acid groups (broad SMARTS) is 1. The summed E-state index contributed by atoms with van der Waals surface area (Å²) in [5.41, 5.74) is 0.449. The van der Waals surface area contributed by atoms with Crippen LogP contribution in [0, 0.1) is 3.57 Å². The molecule has 1 aromatic rings. The minimum atomic E-state index is -1.50. The Labute approximate surface area is 102 Å². The number of carbonyl (C=O) groups is 2. The van der Waals surface area contributed by atoms with Gasteiger partial charge in [0.25, 0.3) is 0 Å². The third-order valence-electron chi connectivity index (χ3n) is 1.37. The van der Waals surface area contributed by atoms with E-state index in [1.54, 1.807) is 18.2 Å². The van der Waals surface area contributed by atoms with Crippen LogP contribution in [0.4, 0.5) is 5.69 Å². The van der Waals surface area contributed by atoms with Gasteiger partial charge in [0.05, 0.1) is 0 Å². The second kappa shape index (κ2) is 4.74. The van der Waals surface area contributed by atoms with Crippen molar-refractivity contribution >= 4 is 56.1 Å². The van der Waals surface area contributed by atoms with Crippen molar-refractivity contribution in [1.82, 2.24) is 0 Å². The summed E-state index contributed by atoms with van der Waals surface area (Å²) < 4.78 is 1.79. The highest BCUT2D eigenvalue weighted by Crippen LogP contribution is 2.22. The Morgan fingerprint density at radius 1 is 1.43 bits per heavy atom. The number of rotatable bonds is 1. The van der Waals surface area contributed by atoms with Gasteiger partial charge in [-0.05, 0) is 56.7 Å². The van der Waals surface area contributed by atoms with Gasteiger partial charge in [-0.2, -0.15) is 0 Å². The van der Waals surface area contributed by atoms with E-state index in [0.717, 1.165) is 8.04 Å². The van der Waals surface area contributed by atoms with Gasteiger partial charge in [0, 0.05) is 13.7 Å². The monoisotopic (exact) mass is 369 g/mol. The van der Waals surface area contributed by atoms with Crippen molar-refractivity contribution in [2.75, 3.05) is 5.32 Å². The van der Waals surface area contributed by atoms with Crippen LogP contribution >= 0.6 is 38.5 Å². The van der Waals surface area contributed by atoms with Crippen molar-refractivity contribution < 1.29 is 14.7 Å². The Kier molecular flexibility index (Phi) is 3.87. The van der Waals surface area contributed by atoms with E-state index in [1.807, 2.05) is 0 Å². The second-order valence-corrected chi connectivity index (χ2v) is 4.40. The van der Waals surface area contributed by atoms with Crippen LogP contribution in [-0.2, 0) is 9.59 Å². The van der Waals surface area contributed by atoms with Crippen molar-refractivity contribution in [2.45, 2.75) is 0 Å². The lowest BCUT2D eigenvalue weighted by molar-refractivity contribution is -0.147. The average Bonchev–Trinajstić information content (AvgIpc) is 2.11. The summed E-state index contributed by atoms with van der Waals surface area (Å²) in [5, 5.41) is 10.6. The highest BCUT2D eigenvalue weighted by molar-refractivity contribution is 14.1. The van der Waals surface area contributed by atoms with E-state index >= 15 is 0 Å². The molecule has 0 aromatic heterocycles. The molecule has 0 spiro atoms. The number of amides is 1. The molecule has 0 heterocycles. The van der Waals surface area contributed by atoms with Crippen LogP contribution in [0.3, 0.4) is 0 Å². The topological polar surface area (TPSA) is 66.4 Å². The van der Waals surface area contributed by atoms with E-state index in [0.29, 0.717) is 5.69 Å². The first-order valence-corrected chi connectivity index (χ1v) is 5.37. The van der Waals surface area contributed by atoms with E-state index in [-0.39, 0.29) is 0 Å². The molecule has 0 radical (unpaired) electrons. The molecule has 1 rings (SSSR count). The molecule has 0 saturated carbocycles. The Hall–Kier alpha value is -0.630. The van der Waals surface area contributed by atoms with Crippen LogP contribution in [0.5, 0.6) is 0 Å². The molecule has 74 valence electrons. The van der Waals surface area contributed by atoms with Gasteiger partial charge in [0.1, 0.15) is 0 Å². The summed E-state index contributed by atoms with van der Waals surface area (Å²) in [5.74, 6) is -2.54. The molecule has 4 nitrogen and oxygen atoms in total. The molecular formula is C8H5BrINO3. The second-order valence-electron chi connectivity index (χ2n) is 2.39. The maximum absolute atomic E-state index is 10.8. The number of carbonyl (C=O) groups excluding carboxylic acids is 1. The summed E-state index contributed by atoms with van der Waals surface area (Å²) >= 11 is 5.38. The van der Waals surface area contributed by atoms with Crippen molar-refractivity contribution in [2.24, 2.45) is 0 Å². The first-order valence-electron chi connectivity index (χ1n) is 3.50. The van der Waals surface area contributed by atoms with Crippen molar-refractivity contribution in [3.05, 3.63) is 26.2 Å². The third-order valence-corrected chi connectivity index (χ3v) is 3.71. The molecule has 0 aliphatic rings. The predicted octanol–water partition coefficient (Wildman–Crippen LogP) is 2.08. The zero-order valence-corrected chi connectivity index (χ0v) is 10.5. The van der Waals surface area contributed by atoms with Crippen LogP contribution in [0.25, 0.3) is 0 Å². The van der Waals surface area contributed by atoms with Crippen LogP contribution in [0.15, 0.2) is 22.7 Å². The summed E-state index contributed by atoms with van der Waals surface area (Å²) in [6, 6.07) is 5.04. The fourth-order valence-electron chi connectivity index (χ4n) is 0.758. The Morgan fingerprint density at radius 3 is 2.57 bits per heavy atom. The van der Waals surface area contributed by atoms with Gasteiger partial charge >= 0.3 is 11.9 Å². The van der Waals surface area contributed by atoms with E-state index < -0.39 is 11.9 Å². The standard InChI is InChI=1S/C8H5BrINO3/c9-5-3-4(1-2-6(5)10)11-7(12)8(13)14/h1-3H,(H,11,12)(H,13,14). The van der Waals surface area contributed by atoms with Crippen LogP contribution in [0.2, 0.25) is 0 Å². The van der Waals surface area contributed by atoms with Crippen molar-refractivity contribution in [1.29, 1.82) is 0 Å². The molecule has 0 fully saturated rings. The lowest BCUT2D eigenvalue weighted by Crippen LogP contribution is -2.21. The Balaban J connectivity index is 2.83. The molecule has 0 aliphatic heterocycles. The number of aliphatic carboxylic acids is 1. The molecule has 0 aliphatic carbocycles. The van der Waals surface area contributed by atoms with Gasteiger partial charge in [-0.25, -0.2) is 4.79 Å². The van der Waals surface area contributed by atoms with Crippen LogP contribution in [0.1, 0.15) is 0 Å². The van der Waals surface area contributed by atoms with E-state index in [4.69, 9.17) is 5.11 Å². The molecule has 0 saturated heterocycles. The summed E-state index contributed by atoms with van der Waals surface area (Å²) in [4.78, 5) is 21.0. The minimum Gasteiger partial charge on any atom is -0.474 e. The maximum atomic E-state index is 10.8. The van der Waals surface area contributed by atoms with Crippen LogP contribution in [-0.4, -0.2) is 17.0 Å². The number of hydrogen-bond acceptors (Lipinski definition) is 2. The first kappa shape index (κ1) is 11.4. The van der Waals surface area contributed by atoms with Gasteiger partial charge in [0.15, 0.2) is 0 Å². The van der Waals surface area contributed by atoms with E-state index in [2.05, 4.69) is 43.8 Å². The van der Waals surface area contributed by atoms with Gasteiger partial charge in [-0.3, -0.25) is 4.79 Å². The lowest BCUT2D eigenvalue weighted by atomic mass is 10.3. The van der Waals surface area contributed by atoms with Crippen molar-refractivity contribution in [3.8, 4) is 0 Å².